The Bertz CT molecular complexity index is 176. The van der Waals surface area contributed by atoms with E-state index in [-0.39, 0.29) is 6.42 Å². The number of rotatable bonds is 4. The first kappa shape index (κ1) is 9.38. The summed E-state index contributed by atoms with van der Waals surface area (Å²) in [5, 5.41) is 8.12. The van der Waals surface area contributed by atoms with Crippen molar-refractivity contribution < 1.29 is 22.5 Å². The molecule has 0 bridgehead atoms. The molecule has 6 heteroatoms. The lowest BCUT2D eigenvalue weighted by atomic mass is 10.3. The third-order valence-corrected chi connectivity index (χ3v) is 1.26. The second-order valence-electron chi connectivity index (χ2n) is 1.74. The van der Waals surface area contributed by atoms with E-state index >= 15 is 0 Å². The normalized spacial score (nSPS) is 13.4. The fourth-order valence-electron chi connectivity index (χ4n) is 0.430. The van der Waals surface area contributed by atoms with E-state index in [0.29, 0.717) is 0 Å². The number of hydrogen-bond acceptors (Lipinski definition) is 4. The Labute approximate surface area is 59.8 Å². The summed E-state index contributed by atoms with van der Waals surface area (Å²) >= 11 is 0. The highest BCUT2D eigenvalue weighted by molar-refractivity contribution is 7.67. The van der Waals surface area contributed by atoms with Crippen LogP contribution in [0.1, 0.15) is 13.3 Å². The third-order valence-electron chi connectivity index (χ3n) is 0.728. The van der Waals surface area contributed by atoms with Crippen LogP contribution in [0, 0.1) is 0 Å². The molecule has 0 aromatic carbocycles. The van der Waals surface area contributed by atoms with Gasteiger partial charge in [0.25, 0.3) is 11.0 Å². The molecule has 0 radical (unpaired) electrons. The van der Waals surface area contributed by atoms with Gasteiger partial charge in [0.2, 0.25) is 0 Å². The van der Waals surface area contributed by atoms with Gasteiger partial charge >= 0.3 is 5.97 Å². The lowest BCUT2D eigenvalue weighted by Gasteiger charge is -2.01. The van der Waals surface area contributed by atoms with Crippen LogP contribution in [0.4, 0.5) is 0 Å². The Morgan fingerprint density at radius 3 is 2.50 bits per heavy atom. The van der Waals surface area contributed by atoms with Crippen LogP contribution in [0.5, 0.6) is 0 Å². The summed E-state index contributed by atoms with van der Waals surface area (Å²) < 4.78 is 23.8. The first-order valence-corrected chi connectivity index (χ1v) is 3.65. The molecule has 0 saturated carbocycles. The standard InChI is InChI=1S/C4H8O5S/c1-3(2-4(5)6)9-10(7)8/h3,10H,2H2,1H3,(H,5,6). The van der Waals surface area contributed by atoms with Crippen molar-refractivity contribution in [2.75, 3.05) is 0 Å². The van der Waals surface area contributed by atoms with Gasteiger partial charge in [-0.25, -0.2) is 8.42 Å². The van der Waals surface area contributed by atoms with Gasteiger partial charge in [0.05, 0.1) is 12.5 Å². The SMILES string of the molecule is CC(CC(=O)O)O[SH](=O)=O. The molecule has 0 saturated heterocycles. The number of thiol groups is 1. The minimum absolute atomic E-state index is 0.302. The van der Waals surface area contributed by atoms with Gasteiger partial charge in [-0.15, -0.1) is 0 Å². The summed E-state index contributed by atoms with van der Waals surface area (Å²) in [6.45, 7) is 1.37. The van der Waals surface area contributed by atoms with Crippen molar-refractivity contribution in [1.82, 2.24) is 0 Å². The van der Waals surface area contributed by atoms with Crippen LogP contribution in [0.3, 0.4) is 0 Å². The molecule has 0 fully saturated rings. The van der Waals surface area contributed by atoms with Gasteiger partial charge in [-0.3, -0.25) is 8.98 Å². The maximum atomic E-state index is 9.91. The van der Waals surface area contributed by atoms with Gasteiger partial charge in [-0.2, -0.15) is 0 Å². The van der Waals surface area contributed by atoms with Crippen LogP contribution in [-0.4, -0.2) is 25.6 Å². The highest BCUT2D eigenvalue weighted by Gasteiger charge is 2.07. The Balaban J connectivity index is 3.63. The average Bonchev–Trinajstić information content (AvgIpc) is 1.58. The zero-order valence-electron chi connectivity index (χ0n) is 5.31. The molecule has 0 rings (SSSR count). The Hall–Kier alpha value is -0.620. The summed E-state index contributed by atoms with van der Waals surface area (Å²) in [6.07, 6.45) is -1.08. The molecular formula is C4H8O5S. The topological polar surface area (TPSA) is 80.7 Å². The quantitative estimate of drug-likeness (QED) is 0.547. The van der Waals surface area contributed by atoms with E-state index in [1.165, 1.54) is 6.92 Å². The predicted molar refractivity (Wildman–Crippen MR) is 33.1 cm³/mol. The van der Waals surface area contributed by atoms with Gasteiger partial charge in [0.1, 0.15) is 0 Å². The molecule has 1 atom stereocenters. The zero-order chi connectivity index (χ0) is 8.15. The molecule has 1 unspecified atom stereocenters. The first-order chi connectivity index (χ1) is 4.52. The Morgan fingerprint density at radius 1 is 1.70 bits per heavy atom. The molecule has 0 aliphatic carbocycles. The van der Waals surface area contributed by atoms with Gasteiger partial charge in [-0.1, -0.05) is 0 Å². The van der Waals surface area contributed by atoms with Crippen molar-refractivity contribution >= 4 is 17.0 Å². The van der Waals surface area contributed by atoms with Gasteiger partial charge in [0, 0.05) is 0 Å². The molecule has 0 aliphatic rings. The molecule has 1 N–H and O–H groups in total. The summed E-state index contributed by atoms with van der Waals surface area (Å²) in [6, 6.07) is 0. The number of carboxylic acids is 1. The fourth-order valence-corrected chi connectivity index (χ4v) is 0.798. The maximum Gasteiger partial charge on any atom is 0.306 e. The number of carboxylic acid groups (broad SMARTS) is 1. The molecule has 60 valence electrons. The smallest absolute Gasteiger partial charge is 0.306 e. The van der Waals surface area contributed by atoms with Crippen LogP contribution in [0.2, 0.25) is 0 Å². The van der Waals surface area contributed by atoms with Crippen LogP contribution in [0.25, 0.3) is 0 Å². The van der Waals surface area contributed by atoms with E-state index in [9.17, 15) is 13.2 Å². The van der Waals surface area contributed by atoms with Crippen molar-refractivity contribution in [1.29, 1.82) is 0 Å². The van der Waals surface area contributed by atoms with Crippen molar-refractivity contribution in [3.05, 3.63) is 0 Å². The van der Waals surface area contributed by atoms with Crippen molar-refractivity contribution in [3.63, 3.8) is 0 Å². The predicted octanol–water partition coefficient (Wildman–Crippen LogP) is -0.607. The Morgan fingerprint density at radius 2 is 2.20 bits per heavy atom. The first-order valence-electron chi connectivity index (χ1n) is 2.55. The van der Waals surface area contributed by atoms with Gasteiger partial charge < -0.3 is 5.11 Å². The van der Waals surface area contributed by atoms with E-state index in [4.69, 9.17) is 5.11 Å². The molecule has 0 amide bonds. The third kappa shape index (κ3) is 5.52. The largest absolute Gasteiger partial charge is 0.481 e. The van der Waals surface area contributed by atoms with E-state index in [1.54, 1.807) is 0 Å². The Kier molecular flexibility index (Phi) is 3.97. The van der Waals surface area contributed by atoms with E-state index in [2.05, 4.69) is 4.18 Å². The van der Waals surface area contributed by atoms with E-state index in [1.807, 2.05) is 0 Å². The number of hydrogen-bond donors (Lipinski definition) is 2. The molecule has 0 spiro atoms. The monoisotopic (exact) mass is 168 g/mol. The second-order valence-corrected chi connectivity index (χ2v) is 2.40. The molecular weight excluding hydrogens is 160 g/mol. The summed E-state index contributed by atoms with van der Waals surface area (Å²) in [5.41, 5.74) is 0. The van der Waals surface area contributed by atoms with E-state index in [0.717, 1.165) is 0 Å². The minimum atomic E-state index is -2.93. The van der Waals surface area contributed by atoms with Gasteiger partial charge in [-0.05, 0) is 6.92 Å². The number of aliphatic carboxylic acids is 1. The highest BCUT2D eigenvalue weighted by Crippen LogP contribution is 1.95. The lowest BCUT2D eigenvalue weighted by Crippen LogP contribution is -2.12. The van der Waals surface area contributed by atoms with Crippen LogP contribution < -0.4 is 0 Å². The van der Waals surface area contributed by atoms with Crippen molar-refractivity contribution in [2.45, 2.75) is 19.4 Å². The summed E-state index contributed by atoms with van der Waals surface area (Å²) in [4.78, 5) is 9.91. The molecule has 0 aromatic rings. The molecule has 0 heterocycles. The van der Waals surface area contributed by atoms with Crippen molar-refractivity contribution in [2.24, 2.45) is 0 Å². The molecule has 0 aliphatic heterocycles. The lowest BCUT2D eigenvalue weighted by molar-refractivity contribution is -0.138. The highest BCUT2D eigenvalue weighted by atomic mass is 32.2. The summed E-state index contributed by atoms with van der Waals surface area (Å²) in [5.74, 6) is -1.08. The fraction of sp³-hybridized carbons (Fsp3) is 0.750. The van der Waals surface area contributed by atoms with E-state index < -0.39 is 23.1 Å². The molecule has 5 nitrogen and oxygen atoms in total. The van der Waals surface area contributed by atoms with Crippen LogP contribution >= 0.6 is 0 Å². The maximum absolute atomic E-state index is 9.91. The average molecular weight is 168 g/mol. The van der Waals surface area contributed by atoms with Crippen molar-refractivity contribution in [3.8, 4) is 0 Å². The molecule has 10 heavy (non-hydrogen) atoms. The summed E-state index contributed by atoms with van der Waals surface area (Å²) in [7, 11) is -2.93. The zero-order valence-corrected chi connectivity index (χ0v) is 6.21. The van der Waals surface area contributed by atoms with Gasteiger partial charge in [0.15, 0.2) is 0 Å². The second kappa shape index (κ2) is 4.24. The van der Waals surface area contributed by atoms with Crippen LogP contribution in [0.15, 0.2) is 0 Å². The minimum Gasteiger partial charge on any atom is -0.481 e. The molecule has 0 aromatic heterocycles. The van der Waals surface area contributed by atoms with Crippen LogP contribution in [-0.2, 0) is 20.0 Å². The number of carbonyl (C=O) groups is 1.